The molecule has 19 atom stereocenters. The quantitative estimate of drug-likeness (QED) is 0.0967. The zero-order valence-corrected chi connectivity index (χ0v) is 46.0. The Morgan fingerprint density at radius 2 is 1.24 bits per heavy atom. The molecule has 2 fully saturated rings. The van der Waals surface area contributed by atoms with Gasteiger partial charge in [0.2, 0.25) is 5.91 Å². The molecule has 19 unspecified atom stereocenters. The fourth-order valence-corrected chi connectivity index (χ4v) is 8.94. The number of rotatable bonds is 12. The molecule has 0 aromatic heterocycles. The summed E-state index contributed by atoms with van der Waals surface area (Å²) >= 11 is 0. The summed E-state index contributed by atoms with van der Waals surface area (Å²) < 4.78 is 34.2. The summed E-state index contributed by atoms with van der Waals surface area (Å²) in [4.78, 5) is 38.3. The average molecular weight is 1110 g/mol. The summed E-state index contributed by atoms with van der Waals surface area (Å²) in [5.74, 6) is -7.60. The molecule has 14 N–H and O–H groups in total. The fraction of sp³-hybridized carbons (Fsp3) is 0.696. The number of aliphatic hydroxyl groups excluding tert-OH is 9. The lowest BCUT2D eigenvalue weighted by atomic mass is 9.82. The van der Waals surface area contributed by atoms with Gasteiger partial charge in [-0.3, -0.25) is 14.4 Å². The number of hydrogen-bond acceptors (Lipinski definition) is 20. The molecule has 0 aliphatic carbocycles. The number of amides is 1. The lowest BCUT2D eigenvalue weighted by Gasteiger charge is -2.45. The second-order valence-corrected chi connectivity index (χ2v) is 19.8. The first-order valence-corrected chi connectivity index (χ1v) is 27.1. The molecular weight excluding hydrogens is 1020 g/mol. The van der Waals surface area contributed by atoms with Crippen LogP contribution >= 0.6 is 0 Å². The van der Waals surface area contributed by atoms with Crippen LogP contribution in [0.15, 0.2) is 85.1 Å². The molecule has 78 heavy (non-hydrogen) atoms. The summed E-state index contributed by atoms with van der Waals surface area (Å²) in [6, 6.07) is -1.30. The number of nitrogens with two attached hydrogens (primary N) is 1. The van der Waals surface area contributed by atoms with E-state index in [2.05, 4.69) is 5.32 Å². The molecule has 3 aliphatic rings. The highest BCUT2D eigenvalue weighted by Crippen LogP contribution is 2.38. The van der Waals surface area contributed by atoms with Gasteiger partial charge in [-0.25, -0.2) is 0 Å². The largest absolute Gasteiger partial charge is 0.481 e. The van der Waals surface area contributed by atoms with Crippen molar-refractivity contribution in [1.82, 2.24) is 5.32 Å². The number of cyclic esters (lactones) is 1. The Bertz CT molecular complexity index is 1930. The Hall–Kier alpha value is -4.05. The maximum absolute atomic E-state index is 12.9. The normalized spacial score (nSPS) is 39.6. The second-order valence-electron chi connectivity index (χ2n) is 19.8. The SMILES string of the molecule is CC.CC1/C=C/C=C/C=C/C=C/C=C/C=C/C=C/C(OC2OC(C)C(O)C(NC(=O)CCOCCOCCN)C2O)CC2OC(O)(CC(O)CC(O)C(O)CCC(O)CC(O)CC(=O)OC(C)C(C)C1O)CC(O)C2C(=O)O. The highest BCUT2D eigenvalue weighted by atomic mass is 16.7. The predicted molar refractivity (Wildman–Crippen MR) is 288 cm³/mol. The van der Waals surface area contributed by atoms with Gasteiger partial charge < -0.3 is 95.6 Å². The van der Waals surface area contributed by atoms with Gasteiger partial charge in [0.15, 0.2) is 12.1 Å². The van der Waals surface area contributed by atoms with E-state index in [9.17, 15) is 70.6 Å². The Labute approximate surface area is 459 Å². The summed E-state index contributed by atoms with van der Waals surface area (Å²) in [5.41, 5.74) is 5.40. The van der Waals surface area contributed by atoms with Crippen molar-refractivity contribution in [3.8, 4) is 0 Å². The molecular formula is C56H92N2O20. The van der Waals surface area contributed by atoms with E-state index >= 15 is 0 Å². The van der Waals surface area contributed by atoms with Gasteiger partial charge >= 0.3 is 11.9 Å². The van der Waals surface area contributed by atoms with Crippen LogP contribution in [0.3, 0.4) is 0 Å². The smallest absolute Gasteiger partial charge is 0.311 e. The monoisotopic (exact) mass is 1110 g/mol. The molecule has 2 bridgehead atoms. The number of carboxylic acids is 1. The number of nitrogens with one attached hydrogen (secondary N) is 1. The van der Waals surface area contributed by atoms with E-state index in [1.54, 1.807) is 86.8 Å². The number of esters is 1. The first-order valence-electron chi connectivity index (χ1n) is 27.1. The van der Waals surface area contributed by atoms with Crippen LogP contribution in [0.4, 0.5) is 0 Å². The van der Waals surface area contributed by atoms with Crippen LogP contribution in [-0.4, -0.2) is 204 Å². The molecule has 0 radical (unpaired) electrons. The lowest BCUT2D eigenvalue weighted by Crippen LogP contribution is -2.64. The molecule has 0 spiro atoms. The second kappa shape index (κ2) is 37.8. The van der Waals surface area contributed by atoms with Crippen molar-refractivity contribution < 1.29 is 99.0 Å². The number of carboxylic acid groups (broad SMARTS) is 1. The number of ether oxygens (including phenoxy) is 6. The first kappa shape index (κ1) is 70.1. The van der Waals surface area contributed by atoms with E-state index in [0.29, 0.717) is 13.2 Å². The van der Waals surface area contributed by atoms with E-state index < -0.39 is 159 Å². The molecule has 1 amide bonds. The van der Waals surface area contributed by atoms with Crippen LogP contribution in [0, 0.1) is 17.8 Å². The topological polar surface area (TPSA) is 367 Å². The molecule has 3 heterocycles. The predicted octanol–water partition coefficient (Wildman–Crippen LogP) is 1.28. The molecule has 0 aromatic carbocycles. The average Bonchev–Trinajstić information content (AvgIpc) is 3.37. The van der Waals surface area contributed by atoms with E-state index in [1.165, 1.54) is 13.0 Å². The Morgan fingerprint density at radius 3 is 1.83 bits per heavy atom. The third-order valence-corrected chi connectivity index (χ3v) is 13.4. The highest BCUT2D eigenvalue weighted by Gasteiger charge is 2.51. The van der Waals surface area contributed by atoms with Crippen molar-refractivity contribution in [3.05, 3.63) is 85.1 Å². The van der Waals surface area contributed by atoms with Gasteiger partial charge in [0.25, 0.3) is 0 Å². The number of aliphatic carboxylic acids is 1. The lowest BCUT2D eigenvalue weighted by molar-refractivity contribution is -0.309. The van der Waals surface area contributed by atoms with E-state index in [4.69, 9.17) is 34.2 Å². The summed E-state index contributed by atoms with van der Waals surface area (Å²) in [6.07, 6.45) is 1.73. The van der Waals surface area contributed by atoms with Crippen LogP contribution in [0.1, 0.15) is 99.3 Å². The number of aliphatic hydroxyl groups is 10. The molecule has 0 saturated carbocycles. The number of carbonyl (C=O) groups is 3. The first-order chi connectivity index (χ1) is 37.0. The molecule has 0 aromatic rings. The van der Waals surface area contributed by atoms with Crippen LogP contribution in [0.25, 0.3) is 0 Å². The van der Waals surface area contributed by atoms with Crippen molar-refractivity contribution in [2.75, 3.05) is 33.0 Å². The zero-order valence-electron chi connectivity index (χ0n) is 46.0. The minimum Gasteiger partial charge on any atom is -0.481 e. The van der Waals surface area contributed by atoms with Crippen molar-refractivity contribution in [3.63, 3.8) is 0 Å². The minimum atomic E-state index is -2.39. The van der Waals surface area contributed by atoms with Gasteiger partial charge in [-0.2, -0.15) is 0 Å². The maximum Gasteiger partial charge on any atom is 0.311 e. The van der Waals surface area contributed by atoms with Gasteiger partial charge in [0, 0.05) is 50.5 Å². The third-order valence-electron chi connectivity index (χ3n) is 13.4. The van der Waals surface area contributed by atoms with Crippen LogP contribution in [-0.2, 0) is 42.8 Å². The van der Waals surface area contributed by atoms with Crippen LogP contribution in [0.2, 0.25) is 0 Å². The molecule has 22 nitrogen and oxygen atoms in total. The summed E-state index contributed by atoms with van der Waals surface area (Å²) in [7, 11) is 0. The Balaban J connectivity index is 0.0000103. The Morgan fingerprint density at radius 1 is 0.667 bits per heavy atom. The van der Waals surface area contributed by atoms with Crippen molar-refractivity contribution in [1.29, 1.82) is 0 Å². The highest BCUT2D eigenvalue weighted by molar-refractivity contribution is 5.76. The fourth-order valence-electron chi connectivity index (χ4n) is 8.94. The van der Waals surface area contributed by atoms with Gasteiger partial charge in [0.05, 0.1) is 99.9 Å². The van der Waals surface area contributed by atoms with Gasteiger partial charge in [-0.15, -0.1) is 0 Å². The van der Waals surface area contributed by atoms with Gasteiger partial charge in [-0.1, -0.05) is 113 Å². The van der Waals surface area contributed by atoms with Crippen molar-refractivity contribution in [2.45, 2.75) is 197 Å². The maximum atomic E-state index is 12.9. The third kappa shape index (κ3) is 26.0. The van der Waals surface area contributed by atoms with Crippen molar-refractivity contribution >= 4 is 17.8 Å². The molecule has 3 aliphatic heterocycles. The molecule has 3 rings (SSSR count). The molecule has 22 heteroatoms. The standard InChI is InChI=1S/C54H86N2O20.C2H6/c1-33-17-15-13-11-9-7-5-6-8-10-12-14-16-18-40(75-53-51(67)48(50(66)36(4)74-53)56-45(63)21-23-71-25-26-72-24-22-55)30-44-47(52(68)69)43(62)32-54(70,76-44)31-39(59)28-42(61)41(60)20-19-37(57)27-38(58)29-46(64)73-35(3)34(2)49(33)65;1-2/h5-18,33-44,47-51,53,57-62,65-67,70H,19-32,55H2,1-4H3,(H,56,63)(H,68,69);1-2H3/b6-5+,9-7+,10-8+,13-11+,14-12+,17-15+,18-16+;. The molecule has 446 valence electrons. The number of carbonyl (C=O) groups excluding carboxylic acids is 2. The summed E-state index contributed by atoms with van der Waals surface area (Å²) in [5, 5.41) is 123. The minimum absolute atomic E-state index is 0.0112. The van der Waals surface area contributed by atoms with E-state index in [1.807, 2.05) is 26.8 Å². The number of hydrogen-bond donors (Lipinski definition) is 13. The van der Waals surface area contributed by atoms with Crippen LogP contribution < -0.4 is 11.1 Å². The molecule has 2 saturated heterocycles. The van der Waals surface area contributed by atoms with Crippen LogP contribution in [0.5, 0.6) is 0 Å². The number of allylic oxidation sites excluding steroid dienone is 12. The van der Waals surface area contributed by atoms with Crippen molar-refractivity contribution in [2.24, 2.45) is 23.5 Å². The van der Waals surface area contributed by atoms with Gasteiger partial charge in [-0.05, 0) is 33.1 Å². The Kier molecular flexibility index (Phi) is 34.0. The van der Waals surface area contributed by atoms with Gasteiger partial charge in [0.1, 0.15) is 24.2 Å². The summed E-state index contributed by atoms with van der Waals surface area (Å²) in [6.45, 7) is 11.9. The number of fused-ring (bicyclic) bond motifs is 2. The zero-order chi connectivity index (χ0) is 58.4. The van der Waals surface area contributed by atoms with E-state index in [0.717, 1.165) is 0 Å². The van der Waals surface area contributed by atoms with E-state index in [-0.39, 0.29) is 51.4 Å².